The zero-order valence-corrected chi connectivity index (χ0v) is 15.3. The molecule has 0 aliphatic carbocycles. The predicted octanol–water partition coefficient (Wildman–Crippen LogP) is 4.15. The quantitative estimate of drug-likeness (QED) is 0.537. The van der Waals surface area contributed by atoms with Gasteiger partial charge in [0.2, 0.25) is 0 Å². The minimum Gasteiger partial charge on any atom is -0.483 e. The van der Waals surface area contributed by atoms with Crippen molar-refractivity contribution >= 4 is 38.3 Å². The van der Waals surface area contributed by atoms with Crippen LogP contribution in [0.25, 0.3) is 10.2 Å². The summed E-state index contributed by atoms with van der Waals surface area (Å²) in [6.07, 6.45) is 0. The van der Waals surface area contributed by atoms with Gasteiger partial charge in [-0.1, -0.05) is 17.4 Å². The van der Waals surface area contributed by atoms with Crippen LogP contribution in [0.3, 0.4) is 0 Å². The molecule has 134 valence electrons. The number of aryl methyl sites for hydroxylation is 3. The van der Waals surface area contributed by atoms with Crippen molar-refractivity contribution in [2.75, 3.05) is 11.9 Å². The van der Waals surface area contributed by atoms with E-state index in [1.54, 1.807) is 6.92 Å². The number of carbonyl (C=O) groups is 1. The van der Waals surface area contributed by atoms with Crippen LogP contribution in [0.15, 0.2) is 30.3 Å². The van der Waals surface area contributed by atoms with Crippen molar-refractivity contribution in [2.24, 2.45) is 0 Å². The van der Waals surface area contributed by atoms with E-state index in [1.807, 2.05) is 26.0 Å². The number of ether oxygens (including phenoxy) is 1. The Morgan fingerprint density at radius 3 is 2.69 bits per heavy atom. The number of fused-ring (bicyclic) bond motifs is 1. The van der Waals surface area contributed by atoms with Crippen LogP contribution in [-0.2, 0) is 4.79 Å². The van der Waals surface area contributed by atoms with Crippen LogP contribution in [-0.4, -0.2) is 22.4 Å². The highest BCUT2D eigenvalue weighted by molar-refractivity contribution is 7.22. The van der Waals surface area contributed by atoms with Crippen molar-refractivity contribution in [3.05, 3.63) is 57.1 Å². The summed E-state index contributed by atoms with van der Waals surface area (Å²) in [7, 11) is 0. The molecule has 0 unspecified atom stereocenters. The number of thiazole rings is 1. The fourth-order valence-corrected chi connectivity index (χ4v) is 3.69. The maximum atomic E-state index is 12.1. The molecule has 0 aliphatic heterocycles. The van der Waals surface area contributed by atoms with E-state index in [1.165, 1.54) is 29.5 Å². The summed E-state index contributed by atoms with van der Waals surface area (Å²) in [6.45, 7) is 5.50. The van der Waals surface area contributed by atoms with Gasteiger partial charge in [-0.05, 0) is 49.6 Å². The number of nitrogens with one attached hydrogen (secondary N) is 1. The van der Waals surface area contributed by atoms with Crippen LogP contribution in [0.1, 0.15) is 16.7 Å². The third kappa shape index (κ3) is 3.80. The number of hydrogen-bond acceptors (Lipinski definition) is 6. The molecule has 1 aromatic heterocycles. The highest BCUT2D eigenvalue weighted by Gasteiger charge is 2.13. The van der Waals surface area contributed by atoms with E-state index in [4.69, 9.17) is 4.74 Å². The summed E-state index contributed by atoms with van der Waals surface area (Å²) in [4.78, 5) is 26.9. The number of nitro benzene ring substituents is 1. The van der Waals surface area contributed by atoms with Gasteiger partial charge >= 0.3 is 0 Å². The van der Waals surface area contributed by atoms with E-state index in [0.717, 1.165) is 21.3 Å². The lowest BCUT2D eigenvalue weighted by Crippen LogP contribution is -2.20. The molecule has 0 bridgehead atoms. The monoisotopic (exact) mass is 371 g/mol. The topological polar surface area (TPSA) is 94.4 Å². The molecule has 1 N–H and O–H groups in total. The third-order valence-electron chi connectivity index (χ3n) is 3.80. The fraction of sp³-hybridized carbons (Fsp3) is 0.222. The van der Waals surface area contributed by atoms with Gasteiger partial charge in [-0.15, -0.1) is 0 Å². The summed E-state index contributed by atoms with van der Waals surface area (Å²) in [5.41, 5.74) is 3.67. The molecule has 26 heavy (non-hydrogen) atoms. The summed E-state index contributed by atoms with van der Waals surface area (Å²) in [5.74, 6) is 0.0951. The molecule has 0 radical (unpaired) electrons. The average Bonchev–Trinajstić information content (AvgIpc) is 2.96. The molecule has 2 aromatic carbocycles. The number of carbonyl (C=O) groups excluding carboxylic acids is 1. The SMILES string of the molecule is Cc1cc(C)c2nc(NC(=O)COc3ccc([N+](=O)[O-])cc3C)sc2c1. The van der Waals surface area contributed by atoms with Gasteiger partial charge in [0.15, 0.2) is 11.7 Å². The van der Waals surface area contributed by atoms with Gasteiger partial charge in [-0.25, -0.2) is 4.98 Å². The number of rotatable bonds is 5. The standard InChI is InChI=1S/C18H17N3O4S/c1-10-6-12(3)17-15(7-10)26-18(20-17)19-16(22)9-25-14-5-4-13(21(23)24)8-11(14)2/h4-8H,9H2,1-3H3,(H,19,20,22). The van der Waals surface area contributed by atoms with E-state index >= 15 is 0 Å². The van der Waals surface area contributed by atoms with Gasteiger partial charge in [0, 0.05) is 12.1 Å². The highest BCUT2D eigenvalue weighted by Crippen LogP contribution is 2.29. The van der Waals surface area contributed by atoms with Crippen molar-refractivity contribution in [1.29, 1.82) is 0 Å². The lowest BCUT2D eigenvalue weighted by atomic mass is 10.1. The zero-order valence-electron chi connectivity index (χ0n) is 14.5. The third-order valence-corrected chi connectivity index (χ3v) is 4.72. The van der Waals surface area contributed by atoms with Gasteiger partial charge < -0.3 is 4.74 Å². The molecular weight excluding hydrogens is 354 g/mol. The number of nitrogens with zero attached hydrogens (tertiary/aromatic N) is 2. The molecule has 0 aliphatic rings. The van der Waals surface area contributed by atoms with E-state index in [9.17, 15) is 14.9 Å². The summed E-state index contributed by atoms with van der Waals surface area (Å²) >= 11 is 1.41. The summed E-state index contributed by atoms with van der Waals surface area (Å²) in [6, 6.07) is 8.33. The minimum absolute atomic E-state index is 0.0144. The van der Waals surface area contributed by atoms with Crippen molar-refractivity contribution in [1.82, 2.24) is 4.98 Å². The van der Waals surface area contributed by atoms with Gasteiger partial charge in [-0.3, -0.25) is 20.2 Å². The number of benzene rings is 2. The summed E-state index contributed by atoms with van der Waals surface area (Å²) in [5, 5.41) is 14.0. The molecule has 0 saturated heterocycles. The lowest BCUT2D eigenvalue weighted by molar-refractivity contribution is -0.384. The van der Waals surface area contributed by atoms with E-state index < -0.39 is 4.92 Å². The van der Waals surface area contributed by atoms with Crippen LogP contribution in [0.2, 0.25) is 0 Å². The zero-order chi connectivity index (χ0) is 18.8. The molecular formula is C18H17N3O4S. The first-order valence-electron chi connectivity index (χ1n) is 7.89. The molecule has 3 aromatic rings. The molecule has 0 fully saturated rings. The molecule has 1 amide bonds. The first-order chi connectivity index (χ1) is 12.3. The smallest absolute Gasteiger partial charge is 0.269 e. The number of aromatic nitrogens is 1. The fourth-order valence-electron chi connectivity index (χ4n) is 2.63. The van der Waals surface area contributed by atoms with Crippen LogP contribution in [0.4, 0.5) is 10.8 Å². The maximum absolute atomic E-state index is 12.1. The average molecular weight is 371 g/mol. The minimum atomic E-state index is -0.472. The molecule has 0 spiro atoms. The number of amides is 1. The maximum Gasteiger partial charge on any atom is 0.269 e. The Hall–Kier alpha value is -3.00. The molecule has 3 rings (SSSR count). The second-order valence-corrected chi connectivity index (χ2v) is 7.02. The van der Waals surface area contributed by atoms with E-state index in [0.29, 0.717) is 16.4 Å². The number of non-ortho nitro benzene ring substituents is 1. The number of nitro groups is 1. The molecule has 8 heteroatoms. The Labute approximate surface area is 153 Å². The Bertz CT molecular complexity index is 1010. The Morgan fingerprint density at radius 2 is 2.00 bits per heavy atom. The second kappa shape index (κ2) is 7.09. The van der Waals surface area contributed by atoms with Gasteiger partial charge in [0.1, 0.15) is 5.75 Å². The Balaban J connectivity index is 1.66. The van der Waals surface area contributed by atoms with Crippen molar-refractivity contribution < 1.29 is 14.5 Å². The van der Waals surface area contributed by atoms with Gasteiger partial charge in [0.05, 0.1) is 15.1 Å². The Morgan fingerprint density at radius 1 is 1.23 bits per heavy atom. The Kier molecular flexibility index (Phi) is 4.85. The predicted molar refractivity (Wildman–Crippen MR) is 101 cm³/mol. The van der Waals surface area contributed by atoms with Crippen molar-refractivity contribution in [3.63, 3.8) is 0 Å². The van der Waals surface area contributed by atoms with Gasteiger partial charge in [-0.2, -0.15) is 0 Å². The van der Waals surface area contributed by atoms with Crippen LogP contribution in [0.5, 0.6) is 5.75 Å². The van der Waals surface area contributed by atoms with Gasteiger partial charge in [0.25, 0.3) is 11.6 Å². The number of anilines is 1. The normalized spacial score (nSPS) is 10.7. The number of hydrogen-bond donors (Lipinski definition) is 1. The van der Waals surface area contributed by atoms with Crippen molar-refractivity contribution in [3.8, 4) is 5.75 Å². The highest BCUT2D eigenvalue weighted by atomic mass is 32.1. The van der Waals surface area contributed by atoms with E-state index in [2.05, 4.69) is 10.3 Å². The summed E-state index contributed by atoms with van der Waals surface area (Å²) < 4.78 is 6.48. The molecule has 1 heterocycles. The largest absolute Gasteiger partial charge is 0.483 e. The first kappa shape index (κ1) is 17.8. The molecule has 7 nitrogen and oxygen atoms in total. The second-order valence-electron chi connectivity index (χ2n) is 5.99. The van der Waals surface area contributed by atoms with Crippen LogP contribution in [0, 0.1) is 30.9 Å². The molecule has 0 saturated carbocycles. The first-order valence-corrected chi connectivity index (χ1v) is 8.70. The van der Waals surface area contributed by atoms with Crippen LogP contribution < -0.4 is 10.1 Å². The lowest BCUT2D eigenvalue weighted by Gasteiger charge is -2.08. The van der Waals surface area contributed by atoms with E-state index in [-0.39, 0.29) is 18.2 Å². The van der Waals surface area contributed by atoms with Crippen LogP contribution >= 0.6 is 11.3 Å². The molecule has 0 atom stereocenters. The van der Waals surface area contributed by atoms with Crippen molar-refractivity contribution in [2.45, 2.75) is 20.8 Å².